The van der Waals surface area contributed by atoms with Gasteiger partial charge in [-0.3, -0.25) is 9.69 Å². The van der Waals surface area contributed by atoms with Gasteiger partial charge in [-0.15, -0.1) is 0 Å². The third kappa shape index (κ3) is 2.71. The fourth-order valence-corrected chi connectivity index (χ4v) is 2.50. The summed E-state index contributed by atoms with van der Waals surface area (Å²) in [6, 6.07) is 5.44. The van der Waals surface area contributed by atoms with Crippen molar-refractivity contribution < 1.29 is 14.3 Å². The first-order chi connectivity index (χ1) is 10.0. The van der Waals surface area contributed by atoms with Crippen LogP contribution in [0, 0.1) is 0 Å². The molecule has 2 rings (SSSR count). The molecule has 0 spiro atoms. The third-order valence-electron chi connectivity index (χ3n) is 3.39. The average molecular weight is 306 g/mol. The molecule has 1 aromatic rings. The number of likely N-dealkylation sites (N-methyl/N-ethyl adjacent to an activating group) is 2. The normalized spacial score (nSPS) is 16.9. The van der Waals surface area contributed by atoms with Gasteiger partial charge in [0.05, 0.1) is 14.2 Å². The first kappa shape index (κ1) is 15.3. The number of carbonyl (C=O) groups excluding carboxylic acids is 1. The summed E-state index contributed by atoms with van der Waals surface area (Å²) in [6.45, 7) is 2.45. The molecular weight excluding hydrogens is 288 g/mol. The monoisotopic (exact) mass is 306 g/mol. The molecule has 21 heavy (non-hydrogen) atoms. The van der Waals surface area contributed by atoms with Gasteiger partial charge < -0.3 is 14.4 Å². The molecule has 1 fully saturated rings. The van der Waals surface area contributed by atoms with Crippen LogP contribution in [0.4, 0.5) is 0 Å². The highest BCUT2D eigenvalue weighted by atomic mass is 32.1. The Hall–Kier alpha value is -2.08. The van der Waals surface area contributed by atoms with E-state index >= 15 is 0 Å². The minimum atomic E-state index is -0.102. The predicted molar refractivity (Wildman–Crippen MR) is 85.3 cm³/mol. The number of benzene rings is 1. The van der Waals surface area contributed by atoms with Crippen LogP contribution in [0.1, 0.15) is 12.5 Å². The highest BCUT2D eigenvalue weighted by molar-refractivity contribution is 7.80. The smallest absolute Gasteiger partial charge is 0.276 e. The largest absolute Gasteiger partial charge is 0.497 e. The Morgan fingerprint density at radius 1 is 1.29 bits per heavy atom. The minimum Gasteiger partial charge on any atom is -0.497 e. The summed E-state index contributed by atoms with van der Waals surface area (Å²) < 4.78 is 10.5. The average Bonchev–Trinajstić information content (AvgIpc) is 2.70. The first-order valence-corrected chi connectivity index (χ1v) is 6.97. The molecule has 1 amide bonds. The van der Waals surface area contributed by atoms with Crippen LogP contribution in [0.15, 0.2) is 23.9 Å². The number of carbonyl (C=O) groups is 1. The van der Waals surface area contributed by atoms with Crippen molar-refractivity contribution in [3.63, 3.8) is 0 Å². The second kappa shape index (κ2) is 6.13. The summed E-state index contributed by atoms with van der Waals surface area (Å²) in [5.41, 5.74) is 1.29. The lowest BCUT2D eigenvalue weighted by Crippen LogP contribution is -2.30. The number of hydrogen-bond acceptors (Lipinski definition) is 4. The summed E-state index contributed by atoms with van der Waals surface area (Å²) in [5.74, 6) is 1.27. The van der Waals surface area contributed by atoms with Gasteiger partial charge in [0.25, 0.3) is 5.91 Å². The minimum absolute atomic E-state index is 0.102. The van der Waals surface area contributed by atoms with Crippen LogP contribution >= 0.6 is 12.2 Å². The lowest BCUT2D eigenvalue weighted by Gasteiger charge is -2.13. The predicted octanol–water partition coefficient (Wildman–Crippen LogP) is 2.12. The van der Waals surface area contributed by atoms with E-state index < -0.39 is 0 Å². The second-order valence-corrected chi connectivity index (χ2v) is 4.89. The van der Waals surface area contributed by atoms with Crippen molar-refractivity contribution in [2.45, 2.75) is 6.92 Å². The summed E-state index contributed by atoms with van der Waals surface area (Å²) in [6.07, 6.45) is 1.77. The molecule has 1 aliphatic rings. The number of ether oxygens (including phenoxy) is 2. The van der Waals surface area contributed by atoms with Crippen LogP contribution in [0.2, 0.25) is 0 Å². The standard InChI is InChI=1S/C15H18N2O3S/c1-5-17-14(18)12(16(2)15(17)21)9-10-8-11(19-3)6-7-13(10)20-4/h6-9H,5H2,1-4H3. The fourth-order valence-electron chi connectivity index (χ4n) is 2.19. The van der Waals surface area contributed by atoms with E-state index in [1.165, 1.54) is 0 Å². The molecule has 0 bridgehead atoms. The quantitative estimate of drug-likeness (QED) is 0.630. The van der Waals surface area contributed by atoms with Gasteiger partial charge in [-0.2, -0.15) is 0 Å². The molecule has 0 aliphatic carbocycles. The Morgan fingerprint density at radius 3 is 2.52 bits per heavy atom. The molecule has 0 radical (unpaired) electrons. The van der Waals surface area contributed by atoms with Crippen molar-refractivity contribution in [3.8, 4) is 11.5 Å². The number of nitrogens with zero attached hydrogens (tertiary/aromatic N) is 2. The first-order valence-electron chi connectivity index (χ1n) is 6.56. The van der Waals surface area contributed by atoms with Crippen molar-refractivity contribution in [1.82, 2.24) is 9.80 Å². The Bertz CT molecular complexity index is 613. The molecule has 1 aliphatic heterocycles. The maximum absolute atomic E-state index is 12.4. The number of methoxy groups -OCH3 is 2. The molecular formula is C15H18N2O3S. The molecule has 0 atom stereocenters. The second-order valence-electron chi connectivity index (χ2n) is 4.53. The van der Waals surface area contributed by atoms with Crippen LogP contribution < -0.4 is 9.47 Å². The van der Waals surface area contributed by atoms with Gasteiger partial charge in [-0.1, -0.05) is 0 Å². The molecule has 0 saturated carbocycles. The molecule has 1 saturated heterocycles. The van der Waals surface area contributed by atoms with Crippen molar-refractivity contribution >= 4 is 29.3 Å². The molecule has 0 unspecified atom stereocenters. The number of hydrogen-bond donors (Lipinski definition) is 0. The highest BCUT2D eigenvalue weighted by Crippen LogP contribution is 2.29. The van der Waals surface area contributed by atoms with Gasteiger partial charge in [0.2, 0.25) is 0 Å². The van der Waals surface area contributed by atoms with Crippen molar-refractivity contribution in [1.29, 1.82) is 0 Å². The molecule has 1 heterocycles. The van der Waals surface area contributed by atoms with Gasteiger partial charge >= 0.3 is 0 Å². The Kier molecular flexibility index (Phi) is 4.47. The number of rotatable bonds is 4. The zero-order chi connectivity index (χ0) is 15.6. The van der Waals surface area contributed by atoms with Gasteiger partial charge in [0, 0.05) is 19.2 Å². The van der Waals surface area contributed by atoms with Crippen molar-refractivity contribution in [2.75, 3.05) is 27.8 Å². The van der Waals surface area contributed by atoms with Crippen LogP contribution in [-0.4, -0.2) is 48.6 Å². The van der Waals surface area contributed by atoms with Gasteiger partial charge in [0.15, 0.2) is 5.11 Å². The Balaban J connectivity index is 2.48. The van der Waals surface area contributed by atoms with Crippen molar-refractivity contribution in [3.05, 3.63) is 29.5 Å². The van der Waals surface area contributed by atoms with Crippen molar-refractivity contribution in [2.24, 2.45) is 0 Å². The van der Waals surface area contributed by atoms with E-state index in [4.69, 9.17) is 21.7 Å². The maximum atomic E-state index is 12.4. The highest BCUT2D eigenvalue weighted by Gasteiger charge is 2.34. The summed E-state index contributed by atoms with van der Waals surface area (Å²) >= 11 is 5.28. The lowest BCUT2D eigenvalue weighted by atomic mass is 10.1. The molecule has 112 valence electrons. The zero-order valence-corrected chi connectivity index (χ0v) is 13.4. The Morgan fingerprint density at radius 2 is 2.00 bits per heavy atom. The molecule has 1 aromatic carbocycles. The molecule has 5 nitrogen and oxygen atoms in total. The van der Waals surface area contributed by atoms with E-state index in [1.807, 2.05) is 19.1 Å². The van der Waals surface area contributed by atoms with Crippen LogP contribution in [0.5, 0.6) is 11.5 Å². The molecule has 6 heteroatoms. The van der Waals surface area contributed by atoms with E-state index in [2.05, 4.69) is 0 Å². The zero-order valence-electron chi connectivity index (χ0n) is 12.5. The van der Waals surface area contributed by atoms with Crippen LogP contribution in [0.3, 0.4) is 0 Å². The maximum Gasteiger partial charge on any atom is 0.276 e. The molecule has 0 N–H and O–H groups in total. The lowest BCUT2D eigenvalue weighted by molar-refractivity contribution is -0.122. The van der Waals surface area contributed by atoms with Crippen LogP contribution in [0.25, 0.3) is 6.08 Å². The van der Waals surface area contributed by atoms with E-state index in [0.717, 1.165) is 5.56 Å². The summed E-state index contributed by atoms with van der Waals surface area (Å²) in [5, 5.41) is 0.510. The number of thiocarbonyl (C=S) groups is 1. The van der Waals surface area contributed by atoms with Gasteiger partial charge in [0.1, 0.15) is 17.2 Å². The summed E-state index contributed by atoms with van der Waals surface area (Å²) in [7, 11) is 4.97. The fraction of sp³-hybridized carbons (Fsp3) is 0.333. The van der Waals surface area contributed by atoms with E-state index in [-0.39, 0.29) is 5.91 Å². The van der Waals surface area contributed by atoms with E-state index in [1.54, 1.807) is 43.2 Å². The van der Waals surface area contributed by atoms with E-state index in [0.29, 0.717) is 28.9 Å². The third-order valence-corrected chi connectivity index (χ3v) is 3.88. The Labute approximate surface area is 129 Å². The topological polar surface area (TPSA) is 42.0 Å². The van der Waals surface area contributed by atoms with Gasteiger partial charge in [-0.25, -0.2) is 0 Å². The summed E-state index contributed by atoms with van der Waals surface area (Å²) in [4.78, 5) is 15.6. The number of amides is 1. The van der Waals surface area contributed by atoms with Crippen LogP contribution in [-0.2, 0) is 4.79 Å². The van der Waals surface area contributed by atoms with Gasteiger partial charge in [-0.05, 0) is 43.4 Å². The van der Waals surface area contributed by atoms with E-state index in [9.17, 15) is 4.79 Å². The molecule has 0 aromatic heterocycles. The SMILES string of the molecule is CCN1C(=O)C(=Cc2cc(OC)ccc2OC)N(C)C1=S.